The first-order valence-electron chi connectivity index (χ1n) is 12.7. The summed E-state index contributed by atoms with van der Waals surface area (Å²) in [4.78, 5) is 42.3. The van der Waals surface area contributed by atoms with Crippen LogP contribution in [0.25, 0.3) is 0 Å². The van der Waals surface area contributed by atoms with Crippen molar-refractivity contribution >= 4 is 47.8 Å². The van der Waals surface area contributed by atoms with Gasteiger partial charge in [-0.3, -0.25) is 9.59 Å². The number of anilines is 1. The topological polar surface area (TPSA) is 87.7 Å². The zero-order valence-electron chi connectivity index (χ0n) is 23.6. The lowest BCUT2D eigenvalue weighted by atomic mass is 9.91. The molecule has 0 aliphatic carbocycles. The summed E-state index contributed by atoms with van der Waals surface area (Å²) in [5.41, 5.74) is 0.827. The normalized spacial score (nSPS) is 13.0. The summed E-state index contributed by atoms with van der Waals surface area (Å²) in [6.45, 7) is 12.7. The maximum atomic E-state index is 14.2. The first-order chi connectivity index (χ1) is 18.1. The van der Waals surface area contributed by atoms with E-state index in [0.29, 0.717) is 28.3 Å². The Kier molecular flexibility index (Phi) is 10.9. The zero-order chi connectivity index (χ0) is 29.5. The summed E-state index contributed by atoms with van der Waals surface area (Å²) in [6.07, 6.45) is 5.31. The molecule has 0 fully saturated rings. The highest BCUT2D eigenvalue weighted by atomic mass is 35.5. The van der Waals surface area contributed by atoms with Crippen LogP contribution in [0.5, 0.6) is 0 Å². The molecule has 39 heavy (non-hydrogen) atoms. The fourth-order valence-electron chi connectivity index (χ4n) is 3.91. The molecule has 2 aromatic carbocycles. The third kappa shape index (κ3) is 8.42. The minimum Gasteiger partial charge on any atom is -0.444 e. The number of thiol groups is 1. The van der Waals surface area contributed by atoms with Gasteiger partial charge in [0, 0.05) is 16.9 Å². The molecule has 0 saturated heterocycles. The first-order valence-corrected chi connectivity index (χ1v) is 13.7. The van der Waals surface area contributed by atoms with Gasteiger partial charge in [-0.15, -0.1) is 6.42 Å². The van der Waals surface area contributed by atoms with Crippen molar-refractivity contribution in [2.45, 2.75) is 78.1 Å². The van der Waals surface area contributed by atoms with Gasteiger partial charge in [0.2, 0.25) is 5.91 Å². The zero-order valence-corrected chi connectivity index (χ0v) is 25.2. The SMILES string of the molecule is C#Cc1ccc(C(C(=O)Nc2c(C)cccc2Cl)N(C(=O)C(CS)NC(=O)OC(C)(C)C)C(C)(C)CC)cc1. The Labute approximate surface area is 242 Å². The Balaban J connectivity index is 2.64. The Morgan fingerprint density at radius 1 is 1.10 bits per heavy atom. The van der Waals surface area contributed by atoms with Crippen molar-refractivity contribution in [2.24, 2.45) is 0 Å². The van der Waals surface area contributed by atoms with Gasteiger partial charge in [-0.2, -0.15) is 12.6 Å². The van der Waals surface area contributed by atoms with Gasteiger partial charge in [-0.05, 0) is 77.3 Å². The number of rotatable bonds is 9. The molecule has 0 spiro atoms. The predicted octanol–water partition coefficient (Wildman–Crippen LogP) is 6.15. The van der Waals surface area contributed by atoms with E-state index in [1.807, 2.05) is 33.8 Å². The Morgan fingerprint density at radius 3 is 2.21 bits per heavy atom. The van der Waals surface area contributed by atoms with E-state index in [1.165, 1.54) is 4.90 Å². The first kappa shape index (κ1) is 32.1. The van der Waals surface area contributed by atoms with Gasteiger partial charge in [0.05, 0.1) is 10.7 Å². The van der Waals surface area contributed by atoms with E-state index >= 15 is 0 Å². The van der Waals surface area contributed by atoms with E-state index in [9.17, 15) is 14.4 Å². The largest absolute Gasteiger partial charge is 0.444 e. The number of alkyl carbamates (subject to hydrolysis) is 1. The van der Waals surface area contributed by atoms with Gasteiger partial charge in [0.25, 0.3) is 5.91 Å². The van der Waals surface area contributed by atoms with Gasteiger partial charge in [-0.25, -0.2) is 4.79 Å². The van der Waals surface area contributed by atoms with E-state index in [4.69, 9.17) is 22.8 Å². The van der Waals surface area contributed by atoms with Crippen LogP contribution in [0.3, 0.4) is 0 Å². The van der Waals surface area contributed by atoms with Gasteiger partial charge in [0.1, 0.15) is 17.7 Å². The molecule has 0 saturated carbocycles. The minimum absolute atomic E-state index is 0.0115. The Hall–Kier alpha value is -3.15. The number of nitrogens with zero attached hydrogens (tertiary/aromatic N) is 1. The van der Waals surface area contributed by atoms with Crippen molar-refractivity contribution in [1.82, 2.24) is 10.2 Å². The third-order valence-electron chi connectivity index (χ3n) is 6.30. The van der Waals surface area contributed by atoms with Crippen LogP contribution < -0.4 is 10.6 Å². The van der Waals surface area contributed by atoms with Crippen molar-refractivity contribution in [3.05, 3.63) is 64.2 Å². The average Bonchev–Trinajstić information content (AvgIpc) is 2.86. The van der Waals surface area contributed by atoms with E-state index in [1.54, 1.807) is 57.2 Å². The molecule has 0 bridgehead atoms. The monoisotopic (exact) mass is 571 g/mol. The lowest BCUT2D eigenvalue weighted by molar-refractivity contribution is -0.147. The standard InChI is InChI=1S/C30H38ClN3O4S/c1-9-20-14-16-21(17-15-20)25(26(35)33-24-19(3)12-11-13-22(24)31)34(30(7,8)10-2)27(36)23(18-39)32-28(37)38-29(4,5)6/h1,11-17,23,25,39H,10,18H2,2-8H3,(H,32,37)(H,33,35). The number of terminal acetylenes is 1. The van der Waals surface area contributed by atoms with E-state index in [-0.39, 0.29) is 5.75 Å². The number of nitrogens with one attached hydrogen (secondary N) is 2. The lowest BCUT2D eigenvalue weighted by Gasteiger charge is -2.44. The molecule has 0 aliphatic heterocycles. The maximum absolute atomic E-state index is 14.2. The van der Waals surface area contributed by atoms with Crippen molar-refractivity contribution in [3.63, 3.8) is 0 Å². The summed E-state index contributed by atoms with van der Waals surface area (Å²) in [7, 11) is 0. The second-order valence-corrected chi connectivity index (χ2v) is 11.6. The lowest BCUT2D eigenvalue weighted by Crippen LogP contribution is -2.59. The molecule has 3 amide bonds. The van der Waals surface area contributed by atoms with Crippen LogP contribution in [0.1, 0.15) is 70.7 Å². The number of carbonyl (C=O) groups is 3. The van der Waals surface area contributed by atoms with Crippen LogP contribution >= 0.6 is 24.2 Å². The molecule has 9 heteroatoms. The Bertz CT molecular complexity index is 1210. The minimum atomic E-state index is -1.09. The summed E-state index contributed by atoms with van der Waals surface area (Å²) in [6, 6.07) is 10.0. The van der Waals surface area contributed by atoms with Crippen LogP contribution in [0.4, 0.5) is 10.5 Å². The van der Waals surface area contributed by atoms with Gasteiger partial charge >= 0.3 is 6.09 Å². The number of ether oxygens (including phenoxy) is 1. The smallest absolute Gasteiger partial charge is 0.408 e. The second-order valence-electron chi connectivity index (χ2n) is 10.8. The van der Waals surface area contributed by atoms with E-state index in [0.717, 1.165) is 5.56 Å². The molecule has 0 aliphatic rings. The van der Waals surface area contributed by atoms with E-state index in [2.05, 4.69) is 29.2 Å². The highest BCUT2D eigenvalue weighted by Gasteiger charge is 2.43. The molecule has 0 aromatic heterocycles. The molecule has 210 valence electrons. The molecule has 2 unspecified atom stereocenters. The van der Waals surface area contributed by atoms with Crippen molar-refractivity contribution in [1.29, 1.82) is 0 Å². The number of hydrogen-bond donors (Lipinski definition) is 3. The van der Waals surface area contributed by atoms with Crippen molar-refractivity contribution in [3.8, 4) is 12.3 Å². The third-order valence-corrected chi connectivity index (χ3v) is 6.98. The number of para-hydroxylation sites is 1. The van der Waals surface area contributed by atoms with E-state index < -0.39 is 41.1 Å². The molecule has 2 N–H and O–H groups in total. The molecule has 7 nitrogen and oxygen atoms in total. The molecular formula is C30H38ClN3O4S. The van der Waals surface area contributed by atoms with Crippen molar-refractivity contribution < 1.29 is 19.1 Å². The average molecular weight is 572 g/mol. The molecular weight excluding hydrogens is 534 g/mol. The predicted molar refractivity (Wildman–Crippen MR) is 160 cm³/mol. The molecule has 0 radical (unpaired) electrons. The number of halogens is 1. The molecule has 2 aromatic rings. The number of carbonyl (C=O) groups excluding carboxylic acids is 3. The van der Waals surface area contributed by atoms with Crippen LogP contribution in [-0.4, -0.2) is 45.7 Å². The number of hydrogen-bond acceptors (Lipinski definition) is 5. The number of benzene rings is 2. The van der Waals surface area contributed by atoms with Gasteiger partial charge in [-0.1, -0.05) is 48.7 Å². The van der Waals surface area contributed by atoms with Crippen molar-refractivity contribution in [2.75, 3.05) is 11.1 Å². The molecule has 0 heterocycles. The maximum Gasteiger partial charge on any atom is 0.408 e. The molecule has 2 atom stereocenters. The van der Waals surface area contributed by atoms with Crippen LogP contribution in [0.2, 0.25) is 5.02 Å². The molecule has 2 rings (SSSR count). The quantitative estimate of drug-likeness (QED) is 0.249. The highest BCUT2D eigenvalue weighted by molar-refractivity contribution is 7.80. The van der Waals surface area contributed by atoms with Crippen LogP contribution in [-0.2, 0) is 14.3 Å². The summed E-state index contributed by atoms with van der Waals surface area (Å²) < 4.78 is 5.37. The van der Waals surface area contributed by atoms with Gasteiger partial charge < -0.3 is 20.3 Å². The van der Waals surface area contributed by atoms with Crippen LogP contribution in [0, 0.1) is 19.3 Å². The fraction of sp³-hybridized carbons (Fsp3) is 0.433. The number of amides is 3. The number of aryl methyl sites for hydroxylation is 1. The fourth-order valence-corrected chi connectivity index (χ4v) is 4.43. The summed E-state index contributed by atoms with van der Waals surface area (Å²) >= 11 is 10.8. The van der Waals surface area contributed by atoms with Gasteiger partial charge in [0.15, 0.2) is 0 Å². The second kappa shape index (κ2) is 13.3. The highest BCUT2D eigenvalue weighted by Crippen LogP contribution is 2.34. The van der Waals surface area contributed by atoms with Crippen LogP contribution in [0.15, 0.2) is 42.5 Å². The summed E-state index contributed by atoms with van der Waals surface area (Å²) in [5.74, 6) is 1.60. The summed E-state index contributed by atoms with van der Waals surface area (Å²) in [5, 5.41) is 5.93. The Morgan fingerprint density at radius 2 is 1.72 bits per heavy atom.